The molecule has 2 aliphatic rings. The van der Waals surface area contributed by atoms with Crippen molar-refractivity contribution in [3.05, 3.63) is 188 Å². The summed E-state index contributed by atoms with van der Waals surface area (Å²) in [6, 6.07) is 63.9. The molecule has 0 saturated heterocycles. The zero-order valence-electron chi connectivity index (χ0n) is 28.1. The monoisotopic (exact) mass is 681 g/mol. The third kappa shape index (κ3) is 3.87. The molecule has 0 radical (unpaired) electrons. The predicted molar refractivity (Wildman–Crippen MR) is 216 cm³/mol. The Labute approximate surface area is 302 Å². The molecule has 0 fully saturated rings. The number of hydrogen-bond donors (Lipinski definition) is 0. The average molecular weight is 682 g/mol. The molecule has 0 aliphatic carbocycles. The van der Waals surface area contributed by atoms with E-state index in [1.54, 1.807) is 0 Å². The van der Waals surface area contributed by atoms with Crippen LogP contribution in [0.3, 0.4) is 0 Å². The third-order valence-electron chi connectivity index (χ3n) is 10.9. The fourth-order valence-corrected chi connectivity index (χ4v) is 14.3. The average Bonchev–Trinajstić information content (AvgIpc) is 3.56. The Bertz CT molecular complexity index is 2680. The van der Waals surface area contributed by atoms with Crippen molar-refractivity contribution < 1.29 is 0 Å². The highest BCUT2D eigenvalue weighted by atomic mass is 28.3. The maximum absolute atomic E-state index is 5.24. The molecule has 0 saturated carbocycles. The number of benzene rings is 6. The first kappa shape index (κ1) is 29.0. The van der Waals surface area contributed by atoms with Gasteiger partial charge in [0, 0.05) is 40.0 Å². The SMILES string of the molecule is c1ccc(N2c3ccccc3[Si]3(c4ccccc42)c2ccccc2N(c2ccc(-n4c5ccccc5c5ncccc54)cn2)c2ccccc23)cc1. The number of nitrogens with zero attached hydrogens (tertiary/aromatic N) is 5. The summed E-state index contributed by atoms with van der Waals surface area (Å²) >= 11 is 0. The van der Waals surface area contributed by atoms with E-state index in [1.165, 1.54) is 43.5 Å². The van der Waals surface area contributed by atoms with Gasteiger partial charge < -0.3 is 9.47 Å². The lowest BCUT2D eigenvalue weighted by Crippen LogP contribution is -2.79. The fourth-order valence-electron chi connectivity index (χ4n) is 8.88. The van der Waals surface area contributed by atoms with Gasteiger partial charge in [0.1, 0.15) is 5.82 Å². The molecule has 0 atom stereocenters. The highest BCUT2D eigenvalue weighted by Gasteiger charge is 2.53. The van der Waals surface area contributed by atoms with Gasteiger partial charge >= 0.3 is 0 Å². The first-order chi connectivity index (χ1) is 25.8. The Balaban J connectivity index is 1.14. The summed E-state index contributed by atoms with van der Waals surface area (Å²) in [6.07, 6.45) is 3.87. The van der Waals surface area contributed by atoms with Gasteiger partial charge in [-0.3, -0.25) is 9.88 Å². The minimum absolute atomic E-state index is 0.884. The number of anilines is 6. The van der Waals surface area contributed by atoms with Crippen molar-refractivity contribution in [2.45, 2.75) is 0 Å². The molecule has 3 aromatic heterocycles. The van der Waals surface area contributed by atoms with E-state index < -0.39 is 8.07 Å². The minimum Gasteiger partial charge on any atom is -0.311 e. The van der Waals surface area contributed by atoms with Crippen LogP contribution in [0.5, 0.6) is 0 Å². The molecule has 5 nitrogen and oxygen atoms in total. The Morgan fingerprint density at radius 1 is 0.385 bits per heavy atom. The number of para-hydroxylation sites is 6. The fraction of sp³-hybridized carbons (Fsp3) is 0. The van der Waals surface area contributed by atoms with Crippen LogP contribution in [0.4, 0.5) is 34.3 Å². The Morgan fingerprint density at radius 2 is 0.904 bits per heavy atom. The molecular weight excluding hydrogens is 651 g/mol. The van der Waals surface area contributed by atoms with Crippen molar-refractivity contribution in [1.29, 1.82) is 0 Å². The van der Waals surface area contributed by atoms with Gasteiger partial charge in [-0.2, -0.15) is 0 Å². The van der Waals surface area contributed by atoms with E-state index >= 15 is 0 Å². The van der Waals surface area contributed by atoms with Gasteiger partial charge in [0.05, 0.1) is 28.4 Å². The standard InChI is InChI=1S/C46H31N5Si/c1-2-15-32(16-3-1)49-36-19-6-10-24-41(36)52(42-25-11-7-20-37(42)49)43-26-12-8-21-38(43)51(39-22-9-13-27-44(39)52)45-29-28-33(31-48-45)50-35-18-5-4-17-34(35)46-40(50)23-14-30-47-46/h1-31H. The van der Waals surface area contributed by atoms with Gasteiger partial charge in [-0.25, -0.2) is 4.98 Å². The number of hydrogen-bond acceptors (Lipinski definition) is 4. The van der Waals surface area contributed by atoms with E-state index in [4.69, 9.17) is 9.97 Å². The summed E-state index contributed by atoms with van der Waals surface area (Å²) < 4.78 is 2.27. The van der Waals surface area contributed by atoms with Gasteiger partial charge in [0.15, 0.2) is 8.07 Å². The van der Waals surface area contributed by atoms with Crippen LogP contribution in [0.2, 0.25) is 0 Å². The van der Waals surface area contributed by atoms with E-state index in [0.29, 0.717) is 0 Å². The van der Waals surface area contributed by atoms with Gasteiger partial charge in [0.25, 0.3) is 0 Å². The van der Waals surface area contributed by atoms with E-state index in [9.17, 15) is 0 Å². The van der Waals surface area contributed by atoms with Crippen LogP contribution in [-0.2, 0) is 0 Å². The van der Waals surface area contributed by atoms with Gasteiger partial charge in [0.2, 0.25) is 0 Å². The Morgan fingerprint density at radius 3 is 1.50 bits per heavy atom. The van der Waals surface area contributed by atoms with Crippen LogP contribution in [0, 0.1) is 0 Å². The molecule has 11 rings (SSSR count). The van der Waals surface area contributed by atoms with Crippen LogP contribution in [-0.4, -0.2) is 22.6 Å². The molecule has 52 heavy (non-hydrogen) atoms. The van der Waals surface area contributed by atoms with Crippen molar-refractivity contribution in [3.63, 3.8) is 0 Å². The lowest BCUT2D eigenvalue weighted by atomic mass is 10.1. The maximum atomic E-state index is 5.24. The summed E-state index contributed by atoms with van der Waals surface area (Å²) in [4.78, 5) is 14.8. The molecule has 0 bridgehead atoms. The maximum Gasteiger partial charge on any atom is 0.188 e. The van der Waals surface area contributed by atoms with Gasteiger partial charge in [-0.05, 0) is 87.5 Å². The van der Waals surface area contributed by atoms with Crippen molar-refractivity contribution in [3.8, 4) is 5.69 Å². The van der Waals surface area contributed by atoms with E-state index in [1.807, 2.05) is 18.5 Å². The second-order valence-electron chi connectivity index (χ2n) is 13.4. The van der Waals surface area contributed by atoms with E-state index in [-0.39, 0.29) is 0 Å². The van der Waals surface area contributed by atoms with Crippen molar-refractivity contribution in [1.82, 2.24) is 14.5 Å². The molecule has 5 heterocycles. The van der Waals surface area contributed by atoms with Crippen molar-refractivity contribution in [2.24, 2.45) is 0 Å². The van der Waals surface area contributed by atoms with Crippen molar-refractivity contribution in [2.75, 3.05) is 9.80 Å². The van der Waals surface area contributed by atoms with Crippen LogP contribution in [0.25, 0.3) is 27.6 Å². The number of fused-ring (bicyclic) bond motifs is 11. The highest BCUT2D eigenvalue weighted by molar-refractivity contribution is 7.23. The minimum atomic E-state index is -2.84. The molecule has 0 N–H and O–H groups in total. The molecule has 6 heteroatoms. The molecule has 2 aliphatic heterocycles. The summed E-state index contributed by atoms with van der Waals surface area (Å²) in [5.74, 6) is 0.884. The lowest BCUT2D eigenvalue weighted by molar-refractivity contribution is 1.11. The first-order valence-electron chi connectivity index (χ1n) is 17.7. The zero-order valence-corrected chi connectivity index (χ0v) is 29.1. The van der Waals surface area contributed by atoms with E-state index in [0.717, 1.165) is 39.1 Å². The van der Waals surface area contributed by atoms with Crippen LogP contribution in [0.1, 0.15) is 0 Å². The largest absolute Gasteiger partial charge is 0.311 e. The predicted octanol–water partition coefficient (Wildman–Crippen LogP) is 8.52. The summed E-state index contributed by atoms with van der Waals surface area (Å²) in [7, 11) is -2.84. The van der Waals surface area contributed by atoms with E-state index in [2.05, 4.69) is 184 Å². The molecule has 0 unspecified atom stereocenters. The summed E-state index contributed by atoms with van der Waals surface area (Å²) in [5, 5.41) is 6.64. The van der Waals surface area contributed by atoms with Gasteiger partial charge in [-0.1, -0.05) is 109 Å². The Kier molecular flexibility index (Phi) is 6.20. The van der Waals surface area contributed by atoms with Crippen LogP contribution >= 0.6 is 0 Å². The normalized spacial score (nSPS) is 13.8. The summed E-state index contributed by atoms with van der Waals surface area (Å²) in [6.45, 7) is 0. The van der Waals surface area contributed by atoms with Crippen molar-refractivity contribution >= 4 is 85.0 Å². The molecule has 6 aromatic carbocycles. The second kappa shape index (κ2) is 11.1. The Hall–Kier alpha value is -6.76. The topological polar surface area (TPSA) is 37.2 Å². The zero-order chi connectivity index (χ0) is 34.2. The smallest absolute Gasteiger partial charge is 0.188 e. The van der Waals surface area contributed by atoms with Gasteiger partial charge in [-0.15, -0.1) is 0 Å². The number of rotatable bonds is 3. The van der Waals surface area contributed by atoms with Crippen LogP contribution in [0.15, 0.2) is 188 Å². The molecular formula is C46H31N5Si. The molecule has 0 amide bonds. The number of aromatic nitrogens is 3. The molecule has 1 spiro atoms. The first-order valence-corrected chi connectivity index (χ1v) is 19.7. The summed E-state index contributed by atoms with van der Waals surface area (Å²) in [5.41, 5.74) is 10.2. The lowest BCUT2D eigenvalue weighted by Gasteiger charge is -2.49. The number of pyridine rings is 2. The molecule has 9 aromatic rings. The highest BCUT2D eigenvalue weighted by Crippen LogP contribution is 2.43. The quantitative estimate of drug-likeness (QED) is 0.175. The second-order valence-corrected chi connectivity index (χ2v) is 17.1. The molecule has 244 valence electrons. The third-order valence-corrected chi connectivity index (χ3v) is 15.8. The van der Waals surface area contributed by atoms with Crippen LogP contribution < -0.4 is 30.5 Å².